The average Bonchev–Trinajstić information content (AvgIpc) is 3.30. The molecule has 0 spiro atoms. The van der Waals surface area contributed by atoms with Crippen LogP contribution in [0.15, 0.2) is 36.7 Å². The van der Waals surface area contributed by atoms with Crippen LogP contribution in [0.3, 0.4) is 0 Å². The van der Waals surface area contributed by atoms with Gasteiger partial charge in [0.15, 0.2) is 0 Å². The fourth-order valence-corrected chi connectivity index (χ4v) is 5.09. The van der Waals surface area contributed by atoms with Gasteiger partial charge in [-0.05, 0) is 61.9 Å². The Morgan fingerprint density at radius 3 is 2.47 bits per heavy atom. The summed E-state index contributed by atoms with van der Waals surface area (Å²) in [6.07, 6.45) is -2.19. The first-order valence-corrected chi connectivity index (χ1v) is 11.7. The molecule has 0 bridgehead atoms. The number of aromatic nitrogens is 3. The number of hydrogen-bond donors (Lipinski definition) is 3. The van der Waals surface area contributed by atoms with Crippen LogP contribution < -0.4 is 5.32 Å². The number of nitrogens with one attached hydrogen (secondary N) is 1. The van der Waals surface area contributed by atoms with Crippen molar-refractivity contribution in [3.8, 4) is 10.4 Å². The lowest BCUT2D eigenvalue weighted by Gasteiger charge is -2.32. The Labute approximate surface area is 206 Å². The highest BCUT2D eigenvalue weighted by atomic mass is 32.1. The van der Waals surface area contributed by atoms with Crippen molar-refractivity contribution in [3.63, 3.8) is 0 Å². The molecule has 1 aliphatic rings. The lowest BCUT2D eigenvalue weighted by Crippen LogP contribution is -2.34. The fourth-order valence-electron chi connectivity index (χ4n) is 4.04. The van der Waals surface area contributed by atoms with Gasteiger partial charge in [-0.3, -0.25) is 4.79 Å². The fraction of sp³-hybridized carbons (Fsp3) is 0.391. The molecule has 1 saturated carbocycles. The van der Waals surface area contributed by atoms with Gasteiger partial charge in [0.1, 0.15) is 16.3 Å². The lowest BCUT2D eigenvalue weighted by molar-refractivity contribution is -0.290. The second-order valence-electron chi connectivity index (χ2n) is 8.72. The van der Waals surface area contributed by atoms with Crippen LogP contribution in [-0.4, -0.2) is 37.3 Å². The van der Waals surface area contributed by atoms with E-state index in [2.05, 4.69) is 20.3 Å². The number of nitrogens with zero attached hydrogens (tertiary/aromatic N) is 3. The molecule has 0 radical (unpaired) electrons. The van der Waals surface area contributed by atoms with E-state index in [1.807, 2.05) is 6.07 Å². The van der Waals surface area contributed by atoms with Crippen LogP contribution in [0.4, 0.5) is 33.6 Å². The van der Waals surface area contributed by atoms with E-state index < -0.39 is 41.2 Å². The normalized spacial score (nSPS) is 20.8. The molecule has 7 nitrogen and oxygen atoms in total. The van der Waals surface area contributed by atoms with Crippen molar-refractivity contribution in [2.45, 2.75) is 50.3 Å². The molecule has 2 heterocycles. The first-order valence-electron chi connectivity index (χ1n) is 10.9. The van der Waals surface area contributed by atoms with E-state index in [0.29, 0.717) is 40.0 Å². The minimum absolute atomic E-state index is 0.272. The van der Waals surface area contributed by atoms with Gasteiger partial charge in [-0.25, -0.2) is 15.0 Å². The van der Waals surface area contributed by atoms with Crippen molar-refractivity contribution in [2.75, 3.05) is 5.32 Å². The van der Waals surface area contributed by atoms with E-state index in [-0.39, 0.29) is 12.8 Å². The average molecular weight is 529 g/mol. The van der Waals surface area contributed by atoms with E-state index in [9.17, 15) is 37.0 Å². The number of carbonyl (C=O) groups is 1. The number of thiazole rings is 1. The van der Waals surface area contributed by atoms with Gasteiger partial charge in [-0.2, -0.15) is 22.0 Å². The summed E-state index contributed by atoms with van der Waals surface area (Å²) in [6.45, 7) is 1.77. The predicted molar refractivity (Wildman–Crippen MR) is 121 cm³/mol. The topological polar surface area (TPSA) is 108 Å². The summed E-state index contributed by atoms with van der Waals surface area (Å²) in [5.41, 5.74) is -0.924. The highest BCUT2D eigenvalue weighted by Crippen LogP contribution is 2.44. The molecule has 192 valence electrons. The van der Waals surface area contributed by atoms with Crippen molar-refractivity contribution in [3.05, 3.63) is 52.9 Å². The standard InChI is InChI=1S/C23H21F5N4O3S/c1-12-8-14(16-11-30-19(36-16)21(35)5-2-13(3-6-21)18(33)34)10-15(9-12)31-20-29-7-4-17(32-20)22(24,25)23(26,27)28/h4,7-11,13,35H,2-3,5-6H2,1H3,(H,33,34)(H,29,31,32). The third-order valence-electron chi connectivity index (χ3n) is 6.02. The molecule has 2 aromatic heterocycles. The number of halogens is 5. The van der Waals surface area contributed by atoms with Gasteiger partial charge in [0.25, 0.3) is 0 Å². The summed E-state index contributed by atoms with van der Waals surface area (Å²) in [5.74, 6) is -6.93. The number of alkyl halides is 5. The van der Waals surface area contributed by atoms with Gasteiger partial charge >= 0.3 is 18.1 Å². The summed E-state index contributed by atoms with van der Waals surface area (Å²) in [6, 6.07) is 5.61. The zero-order valence-electron chi connectivity index (χ0n) is 18.8. The van der Waals surface area contributed by atoms with E-state index in [1.54, 1.807) is 25.3 Å². The maximum Gasteiger partial charge on any atom is 0.459 e. The predicted octanol–water partition coefficient (Wildman–Crippen LogP) is 5.77. The number of carboxylic acids is 1. The van der Waals surface area contributed by atoms with Crippen molar-refractivity contribution in [1.82, 2.24) is 15.0 Å². The Balaban J connectivity index is 1.56. The molecule has 0 saturated heterocycles. The smallest absolute Gasteiger partial charge is 0.459 e. The number of aliphatic carboxylic acids is 1. The second-order valence-corrected chi connectivity index (χ2v) is 9.75. The minimum Gasteiger partial charge on any atom is -0.481 e. The number of hydrogen-bond acceptors (Lipinski definition) is 7. The van der Waals surface area contributed by atoms with Crippen LogP contribution in [0.2, 0.25) is 0 Å². The maximum absolute atomic E-state index is 13.7. The van der Waals surface area contributed by atoms with Crippen LogP contribution in [0.1, 0.15) is 41.9 Å². The number of carboxylic acid groups (broad SMARTS) is 1. The number of anilines is 2. The van der Waals surface area contributed by atoms with Crippen LogP contribution in [0, 0.1) is 12.8 Å². The molecule has 1 aliphatic carbocycles. The Bertz CT molecular complexity index is 1270. The molecule has 0 unspecified atom stereocenters. The number of aryl methyl sites for hydroxylation is 1. The summed E-state index contributed by atoms with van der Waals surface area (Å²) in [5, 5.41) is 23.4. The summed E-state index contributed by atoms with van der Waals surface area (Å²) >= 11 is 1.24. The van der Waals surface area contributed by atoms with Crippen LogP contribution in [-0.2, 0) is 16.3 Å². The molecule has 3 aromatic rings. The third kappa shape index (κ3) is 5.16. The van der Waals surface area contributed by atoms with E-state index in [4.69, 9.17) is 0 Å². The second kappa shape index (κ2) is 9.36. The van der Waals surface area contributed by atoms with E-state index in [0.717, 1.165) is 11.8 Å². The van der Waals surface area contributed by atoms with Crippen molar-refractivity contribution >= 4 is 28.9 Å². The molecular weight excluding hydrogens is 507 g/mol. The van der Waals surface area contributed by atoms with Crippen LogP contribution in [0.25, 0.3) is 10.4 Å². The van der Waals surface area contributed by atoms with Crippen LogP contribution >= 0.6 is 11.3 Å². The van der Waals surface area contributed by atoms with Crippen molar-refractivity contribution < 1.29 is 37.0 Å². The van der Waals surface area contributed by atoms with Gasteiger partial charge < -0.3 is 15.5 Å². The van der Waals surface area contributed by atoms with E-state index >= 15 is 0 Å². The zero-order chi connectivity index (χ0) is 26.3. The Kier molecular flexibility index (Phi) is 6.73. The van der Waals surface area contributed by atoms with Gasteiger partial charge in [0.2, 0.25) is 5.95 Å². The zero-order valence-corrected chi connectivity index (χ0v) is 19.6. The van der Waals surface area contributed by atoms with Crippen LogP contribution in [0.5, 0.6) is 0 Å². The molecule has 0 amide bonds. The van der Waals surface area contributed by atoms with Crippen molar-refractivity contribution in [2.24, 2.45) is 5.92 Å². The molecule has 1 aromatic carbocycles. The number of benzene rings is 1. The molecule has 1 fully saturated rings. The first-order chi connectivity index (χ1) is 16.8. The summed E-state index contributed by atoms with van der Waals surface area (Å²) < 4.78 is 65.5. The highest BCUT2D eigenvalue weighted by molar-refractivity contribution is 7.15. The molecular formula is C23H21F5N4O3S. The first kappa shape index (κ1) is 25.9. The maximum atomic E-state index is 13.7. The third-order valence-corrected chi connectivity index (χ3v) is 7.26. The van der Waals surface area contributed by atoms with E-state index in [1.165, 1.54) is 11.3 Å². The summed E-state index contributed by atoms with van der Waals surface area (Å²) in [7, 11) is 0. The Morgan fingerprint density at radius 1 is 1.14 bits per heavy atom. The molecule has 36 heavy (non-hydrogen) atoms. The lowest BCUT2D eigenvalue weighted by atomic mass is 9.79. The minimum atomic E-state index is -5.80. The monoisotopic (exact) mass is 528 g/mol. The van der Waals surface area contributed by atoms with Gasteiger partial charge in [0.05, 0.1) is 10.8 Å². The summed E-state index contributed by atoms with van der Waals surface area (Å²) in [4.78, 5) is 23.3. The molecule has 0 aliphatic heterocycles. The number of aliphatic hydroxyl groups is 1. The Morgan fingerprint density at radius 2 is 1.83 bits per heavy atom. The largest absolute Gasteiger partial charge is 0.481 e. The van der Waals surface area contributed by atoms with Crippen molar-refractivity contribution in [1.29, 1.82) is 0 Å². The molecule has 13 heteroatoms. The molecule has 0 atom stereocenters. The SMILES string of the molecule is Cc1cc(Nc2nccc(C(F)(F)C(F)(F)F)n2)cc(-c2cnc(C3(O)CCC(C(=O)O)CC3)s2)c1. The highest BCUT2D eigenvalue weighted by Gasteiger charge is 2.60. The Hall–Kier alpha value is -3.19. The van der Waals surface area contributed by atoms with Gasteiger partial charge in [-0.1, -0.05) is 6.07 Å². The number of rotatable bonds is 6. The molecule has 4 rings (SSSR count). The van der Waals surface area contributed by atoms with Gasteiger partial charge in [0, 0.05) is 18.1 Å². The quantitative estimate of drug-likeness (QED) is 0.349. The molecule has 3 N–H and O–H groups in total. The van der Waals surface area contributed by atoms with Gasteiger partial charge in [-0.15, -0.1) is 11.3 Å².